The quantitative estimate of drug-likeness (QED) is 0.195. The third-order valence-corrected chi connectivity index (χ3v) is 11.2. The number of rotatable bonds is 3. The molecule has 0 saturated heterocycles. The van der Waals surface area contributed by atoms with Gasteiger partial charge in [-0.2, -0.15) is 0 Å². The topological polar surface area (TPSA) is 30.7 Å². The van der Waals surface area contributed by atoms with Crippen LogP contribution in [0.2, 0.25) is 0 Å². The summed E-state index contributed by atoms with van der Waals surface area (Å²) >= 11 is 0. The van der Waals surface area contributed by atoms with Gasteiger partial charge >= 0.3 is 0 Å². The first-order valence-electron chi connectivity index (χ1n) is 17.2. The highest BCUT2D eigenvalue weighted by Gasteiger charge is 2.40. The second-order valence-corrected chi connectivity index (χ2v) is 14.6. The number of hydrogen-bond acceptors (Lipinski definition) is 2. The maximum Gasteiger partial charge on any atom is 0.160 e. The molecule has 8 aromatic rings. The molecule has 3 nitrogen and oxygen atoms in total. The van der Waals surface area contributed by atoms with Crippen molar-refractivity contribution in [2.24, 2.45) is 0 Å². The van der Waals surface area contributed by atoms with E-state index in [1.807, 2.05) is 0 Å². The maximum atomic E-state index is 5.33. The first-order valence-corrected chi connectivity index (χ1v) is 17.2. The van der Waals surface area contributed by atoms with Gasteiger partial charge in [0.2, 0.25) is 0 Å². The lowest BCUT2D eigenvalue weighted by atomic mass is 9.82. The van der Waals surface area contributed by atoms with Gasteiger partial charge in [-0.15, -0.1) is 0 Å². The van der Waals surface area contributed by atoms with Gasteiger partial charge in [0.1, 0.15) is 0 Å². The predicted molar refractivity (Wildman–Crippen MR) is 202 cm³/mol. The van der Waals surface area contributed by atoms with Crippen molar-refractivity contribution in [2.75, 3.05) is 0 Å². The molecule has 2 aliphatic carbocycles. The van der Waals surface area contributed by atoms with Gasteiger partial charge in [-0.25, -0.2) is 9.97 Å². The number of para-hydroxylation sites is 1. The van der Waals surface area contributed by atoms with Crippen molar-refractivity contribution in [1.82, 2.24) is 14.5 Å². The van der Waals surface area contributed by atoms with Crippen molar-refractivity contribution < 1.29 is 0 Å². The van der Waals surface area contributed by atoms with Gasteiger partial charge in [-0.1, -0.05) is 125 Å². The van der Waals surface area contributed by atoms with Crippen molar-refractivity contribution >= 4 is 21.8 Å². The maximum absolute atomic E-state index is 5.33. The SMILES string of the molecule is CC1(C)c2ccccc2-c2cc3c4ccccc4n(-c4ccc(-c5nc(-c6ccccc6)c6c(n5)C(C)(C)c5ccccc5-6)cc4)c3cc21. The zero-order valence-corrected chi connectivity index (χ0v) is 28.1. The van der Waals surface area contributed by atoms with Crippen molar-refractivity contribution in [3.63, 3.8) is 0 Å². The highest BCUT2D eigenvalue weighted by molar-refractivity contribution is 6.11. The predicted octanol–water partition coefficient (Wildman–Crippen LogP) is 11.5. The number of benzene rings is 6. The number of hydrogen-bond donors (Lipinski definition) is 0. The zero-order valence-electron chi connectivity index (χ0n) is 28.1. The van der Waals surface area contributed by atoms with Crippen LogP contribution in [-0.4, -0.2) is 14.5 Å². The lowest BCUT2D eigenvalue weighted by molar-refractivity contribution is 0.636. The van der Waals surface area contributed by atoms with Gasteiger partial charge in [-0.05, 0) is 75.8 Å². The average Bonchev–Trinajstić information content (AvgIpc) is 3.68. The van der Waals surface area contributed by atoms with Crippen LogP contribution in [0.15, 0.2) is 140 Å². The van der Waals surface area contributed by atoms with E-state index in [1.165, 1.54) is 55.2 Å². The molecule has 0 atom stereocenters. The summed E-state index contributed by atoms with van der Waals surface area (Å²) in [7, 11) is 0. The second kappa shape index (κ2) is 9.87. The van der Waals surface area contributed by atoms with E-state index in [2.05, 4.69) is 172 Å². The summed E-state index contributed by atoms with van der Waals surface area (Å²) in [5, 5.41) is 2.55. The summed E-state index contributed by atoms with van der Waals surface area (Å²) in [5.74, 6) is 0.754. The van der Waals surface area contributed by atoms with E-state index in [0.717, 1.165) is 39.6 Å². The van der Waals surface area contributed by atoms with Crippen LogP contribution in [0.3, 0.4) is 0 Å². The summed E-state index contributed by atoms with van der Waals surface area (Å²) in [4.78, 5) is 10.6. The van der Waals surface area contributed by atoms with Crippen LogP contribution in [-0.2, 0) is 10.8 Å². The van der Waals surface area contributed by atoms with Crippen LogP contribution in [0, 0.1) is 0 Å². The molecule has 0 unspecified atom stereocenters. The largest absolute Gasteiger partial charge is 0.309 e. The minimum absolute atomic E-state index is 0.0694. The molecular weight excluding hydrogens is 595 g/mol. The van der Waals surface area contributed by atoms with Crippen LogP contribution >= 0.6 is 0 Å². The molecule has 234 valence electrons. The molecule has 2 aliphatic rings. The molecule has 0 bridgehead atoms. The summed E-state index contributed by atoms with van der Waals surface area (Å²) in [6.07, 6.45) is 0. The van der Waals surface area contributed by atoms with E-state index in [0.29, 0.717) is 0 Å². The molecule has 49 heavy (non-hydrogen) atoms. The fourth-order valence-electron chi connectivity index (χ4n) is 8.68. The van der Waals surface area contributed by atoms with Gasteiger partial charge < -0.3 is 4.57 Å². The molecule has 3 heteroatoms. The Hall–Kier alpha value is -5.80. The Morgan fingerprint density at radius 1 is 0.469 bits per heavy atom. The Labute approximate surface area is 286 Å². The van der Waals surface area contributed by atoms with E-state index in [4.69, 9.17) is 9.97 Å². The third kappa shape index (κ3) is 3.84. The lowest BCUT2D eigenvalue weighted by Crippen LogP contribution is -2.17. The fourth-order valence-corrected chi connectivity index (χ4v) is 8.68. The monoisotopic (exact) mass is 629 g/mol. The van der Waals surface area contributed by atoms with E-state index in [1.54, 1.807) is 0 Å². The second-order valence-electron chi connectivity index (χ2n) is 14.6. The minimum atomic E-state index is -0.232. The molecule has 0 radical (unpaired) electrons. The van der Waals surface area contributed by atoms with Crippen LogP contribution in [0.4, 0.5) is 0 Å². The van der Waals surface area contributed by atoms with E-state index >= 15 is 0 Å². The molecule has 0 fully saturated rings. The van der Waals surface area contributed by atoms with E-state index < -0.39 is 0 Å². The summed E-state index contributed by atoms with van der Waals surface area (Å²) < 4.78 is 2.42. The first-order chi connectivity index (χ1) is 23.8. The molecule has 2 heterocycles. The minimum Gasteiger partial charge on any atom is -0.309 e. The average molecular weight is 630 g/mol. The first kappa shape index (κ1) is 28.2. The summed E-state index contributed by atoms with van der Waals surface area (Å²) in [6.45, 7) is 9.27. The smallest absolute Gasteiger partial charge is 0.160 e. The Morgan fingerprint density at radius 2 is 1.12 bits per heavy atom. The van der Waals surface area contributed by atoms with Gasteiger partial charge in [0.25, 0.3) is 0 Å². The van der Waals surface area contributed by atoms with Crippen molar-refractivity contribution in [1.29, 1.82) is 0 Å². The van der Waals surface area contributed by atoms with Crippen molar-refractivity contribution in [2.45, 2.75) is 38.5 Å². The lowest BCUT2D eigenvalue weighted by Gasteiger charge is -2.21. The molecule has 10 rings (SSSR count). The normalized spacial score (nSPS) is 14.9. The van der Waals surface area contributed by atoms with Gasteiger partial charge in [0, 0.05) is 44.0 Å². The molecule has 0 spiro atoms. The molecular formula is C46H35N3. The van der Waals surface area contributed by atoms with Crippen LogP contribution < -0.4 is 0 Å². The van der Waals surface area contributed by atoms with Crippen LogP contribution in [0.5, 0.6) is 0 Å². The van der Waals surface area contributed by atoms with E-state index in [9.17, 15) is 0 Å². The van der Waals surface area contributed by atoms with Gasteiger partial charge in [0.05, 0.1) is 22.4 Å². The van der Waals surface area contributed by atoms with Crippen molar-refractivity contribution in [3.8, 4) is 50.6 Å². The highest BCUT2D eigenvalue weighted by Crippen LogP contribution is 2.52. The van der Waals surface area contributed by atoms with Crippen LogP contribution in [0.1, 0.15) is 50.1 Å². The summed E-state index contributed by atoms with van der Waals surface area (Å²) in [5.41, 5.74) is 16.6. The van der Waals surface area contributed by atoms with E-state index in [-0.39, 0.29) is 10.8 Å². The van der Waals surface area contributed by atoms with Gasteiger partial charge in [0.15, 0.2) is 5.82 Å². The number of aromatic nitrogens is 3. The Kier molecular flexibility index (Phi) is 5.69. The fraction of sp³-hybridized carbons (Fsp3) is 0.130. The molecule has 0 N–H and O–H groups in total. The van der Waals surface area contributed by atoms with Crippen LogP contribution in [0.25, 0.3) is 72.4 Å². The molecule has 2 aromatic heterocycles. The van der Waals surface area contributed by atoms with Crippen molar-refractivity contribution in [3.05, 3.63) is 162 Å². The Bertz CT molecular complexity index is 2640. The third-order valence-electron chi connectivity index (χ3n) is 11.2. The molecule has 0 amide bonds. The zero-order chi connectivity index (χ0) is 33.1. The molecule has 6 aromatic carbocycles. The Balaban J connectivity index is 1.15. The highest BCUT2D eigenvalue weighted by atomic mass is 15.0. The number of fused-ring (bicyclic) bond motifs is 9. The Morgan fingerprint density at radius 3 is 1.90 bits per heavy atom. The summed E-state index contributed by atoms with van der Waals surface area (Å²) in [6, 6.07) is 50.6. The molecule has 0 saturated carbocycles. The molecule has 0 aliphatic heterocycles. The van der Waals surface area contributed by atoms with Gasteiger partial charge in [-0.3, -0.25) is 0 Å². The standard InChI is InChI=1S/C46H35N3/c1-45(2)36-19-11-8-16-31(36)34-26-35-32-17-10-13-21-39(32)49(40(35)27-38(34)45)30-24-22-29(23-25-30)44-47-42(28-14-6-5-7-15-28)41-33-18-9-12-20-37(33)46(3,4)43(41)48-44/h5-27H,1-4H3. The number of nitrogens with zero attached hydrogens (tertiary/aromatic N) is 3.